The number of aliphatic hydroxyl groups is 2. The molecule has 1 aromatic carbocycles. The molecule has 1 unspecified atom stereocenters. The zero-order chi connectivity index (χ0) is 12.5. The molecule has 0 spiro atoms. The van der Waals surface area contributed by atoms with E-state index in [1.807, 2.05) is 37.3 Å². The van der Waals surface area contributed by atoms with Crippen LogP contribution in [0.15, 0.2) is 30.3 Å². The predicted octanol–water partition coefficient (Wildman–Crippen LogP) is 1.07. The molecule has 0 saturated carbocycles. The van der Waals surface area contributed by atoms with E-state index in [1.54, 1.807) is 0 Å². The number of hydrogen-bond donors (Lipinski definition) is 2. The van der Waals surface area contributed by atoms with Crippen molar-refractivity contribution in [1.29, 1.82) is 0 Å². The second-order valence-corrected chi connectivity index (χ2v) is 4.97. The van der Waals surface area contributed by atoms with Crippen LogP contribution in [0.4, 0.5) is 0 Å². The van der Waals surface area contributed by atoms with Crippen molar-refractivity contribution in [2.24, 2.45) is 0 Å². The molecule has 1 aliphatic rings. The van der Waals surface area contributed by atoms with Crippen LogP contribution >= 0.6 is 0 Å². The number of aliphatic hydroxyl groups excluding tert-OH is 2. The molecule has 93 valence electrons. The lowest BCUT2D eigenvalue weighted by Crippen LogP contribution is -2.53. The van der Waals surface area contributed by atoms with E-state index in [0.29, 0.717) is 12.8 Å². The first-order valence-corrected chi connectivity index (χ1v) is 5.84. The van der Waals surface area contributed by atoms with Crippen molar-refractivity contribution < 1.29 is 15.4 Å². The van der Waals surface area contributed by atoms with Crippen molar-refractivity contribution in [3.63, 3.8) is 0 Å². The maximum Gasteiger partial charge on any atom is 0.0963 e. The summed E-state index contributed by atoms with van der Waals surface area (Å²) in [6.07, 6.45) is 1.15. The second kappa shape index (κ2) is 4.38. The van der Waals surface area contributed by atoms with Crippen LogP contribution in [0.2, 0.25) is 0 Å². The zero-order valence-corrected chi connectivity index (χ0v) is 9.97. The number of rotatable bonds is 3. The molecule has 0 aromatic heterocycles. The van der Waals surface area contributed by atoms with Gasteiger partial charge in [0.25, 0.3) is 0 Å². The topological polar surface area (TPSA) is 63.6 Å². The van der Waals surface area contributed by atoms with E-state index in [2.05, 4.69) is 0 Å². The predicted molar refractivity (Wildman–Crippen MR) is 62.5 cm³/mol. The minimum Gasteiger partial charge on any atom is -0.394 e. The zero-order valence-electron chi connectivity index (χ0n) is 9.97. The maximum absolute atomic E-state index is 12.4. The first kappa shape index (κ1) is 12.5. The highest BCUT2D eigenvalue weighted by atomic mass is 16.5. The Balaban J connectivity index is 2.36. The normalized spacial score (nSPS) is 28.5. The lowest BCUT2D eigenvalue weighted by Gasteiger charge is -2.37. The van der Waals surface area contributed by atoms with Crippen molar-refractivity contribution >= 4 is 0 Å². The van der Waals surface area contributed by atoms with Gasteiger partial charge in [0.2, 0.25) is 0 Å². The van der Waals surface area contributed by atoms with Gasteiger partial charge in [0.1, 0.15) is 0 Å². The minimum atomic E-state index is -1.04. The third-order valence-electron chi connectivity index (χ3n) is 3.94. The van der Waals surface area contributed by atoms with Gasteiger partial charge in [-0.2, -0.15) is 0 Å². The van der Waals surface area contributed by atoms with Gasteiger partial charge in [0, 0.05) is 0 Å². The minimum absolute atomic E-state index is 0.310. The quantitative estimate of drug-likeness (QED) is 0.825. The first-order valence-electron chi connectivity index (χ1n) is 5.84. The molecule has 1 aliphatic heterocycles. The van der Waals surface area contributed by atoms with Gasteiger partial charge in [0.05, 0.1) is 24.3 Å². The molecule has 4 nitrogen and oxygen atoms in total. The van der Waals surface area contributed by atoms with Gasteiger partial charge < -0.3 is 10.2 Å². The van der Waals surface area contributed by atoms with Crippen LogP contribution in [0.25, 0.3) is 0 Å². The van der Waals surface area contributed by atoms with E-state index >= 15 is 0 Å². The summed E-state index contributed by atoms with van der Waals surface area (Å²) < 4.78 is 0. The van der Waals surface area contributed by atoms with Crippen molar-refractivity contribution in [3.05, 3.63) is 35.9 Å². The Labute approximate surface area is 101 Å². The molecule has 2 rings (SSSR count). The molecule has 0 amide bonds. The number of nitrogens with zero attached hydrogens (tertiary/aromatic N) is 1. The summed E-state index contributed by atoms with van der Waals surface area (Å²) in [5.41, 5.74) is -0.768. The summed E-state index contributed by atoms with van der Waals surface area (Å²) in [5, 5.41) is 32.0. The van der Waals surface area contributed by atoms with Crippen molar-refractivity contribution in [3.8, 4) is 0 Å². The third-order valence-corrected chi connectivity index (χ3v) is 3.94. The number of hydrogen-bond acceptors (Lipinski definition) is 3. The molecular weight excluding hydrogens is 218 g/mol. The lowest BCUT2D eigenvalue weighted by atomic mass is 9.90. The van der Waals surface area contributed by atoms with Crippen LogP contribution in [-0.4, -0.2) is 34.0 Å². The highest BCUT2D eigenvalue weighted by Crippen LogP contribution is 2.45. The molecule has 1 heterocycles. The SMILES string of the molecule is CC1(c2ccccc2)CCC(CO)(CO)N1[O]. The van der Waals surface area contributed by atoms with Crippen molar-refractivity contribution in [2.75, 3.05) is 13.2 Å². The van der Waals surface area contributed by atoms with Gasteiger partial charge in [0.15, 0.2) is 0 Å². The molecule has 0 aliphatic carbocycles. The van der Waals surface area contributed by atoms with Gasteiger partial charge in [-0.05, 0) is 25.3 Å². The largest absolute Gasteiger partial charge is 0.394 e. The van der Waals surface area contributed by atoms with Crippen molar-refractivity contribution in [1.82, 2.24) is 5.06 Å². The summed E-state index contributed by atoms with van der Waals surface area (Å²) >= 11 is 0. The Hall–Kier alpha value is -0.940. The van der Waals surface area contributed by atoms with Crippen LogP contribution in [0, 0.1) is 0 Å². The molecule has 17 heavy (non-hydrogen) atoms. The molecular formula is C13H18NO3. The van der Waals surface area contributed by atoms with E-state index in [0.717, 1.165) is 10.6 Å². The highest BCUT2D eigenvalue weighted by Gasteiger charge is 2.53. The summed E-state index contributed by atoms with van der Waals surface area (Å²) in [6, 6.07) is 9.52. The highest BCUT2D eigenvalue weighted by molar-refractivity contribution is 5.26. The number of benzene rings is 1. The average Bonchev–Trinajstić information content (AvgIpc) is 2.66. The van der Waals surface area contributed by atoms with Gasteiger partial charge >= 0.3 is 0 Å². The summed E-state index contributed by atoms with van der Waals surface area (Å²) in [6.45, 7) is 1.24. The Kier molecular flexibility index (Phi) is 3.23. The molecule has 1 atom stereocenters. The van der Waals surface area contributed by atoms with Crippen LogP contribution in [0.1, 0.15) is 25.3 Å². The molecule has 2 N–H and O–H groups in total. The average molecular weight is 236 g/mol. The van der Waals surface area contributed by atoms with Crippen LogP contribution in [0.3, 0.4) is 0 Å². The fraction of sp³-hybridized carbons (Fsp3) is 0.538. The van der Waals surface area contributed by atoms with Gasteiger partial charge in [-0.1, -0.05) is 30.3 Å². The standard InChI is InChI=1S/C13H18NO3/c1-12(11-5-3-2-4-6-11)7-8-13(9-15,10-16)14(12)17/h2-6,15-16H,7-10H2,1H3. The number of hydroxylamine groups is 2. The Morgan fingerprint density at radius 1 is 1.18 bits per heavy atom. The van der Waals surface area contributed by atoms with Gasteiger partial charge in [-0.3, -0.25) is 0 Å². The Morgan fingerprint density at radius 3 is 2.24 bits per heavy atom. The van der Waals surface area contributed by atoms with Crippen LogP contribution < -0.4 is 0 Å². The molecule has 4 heteroatoms. The molecule has 1 radical (unpaired) electrons. The summed E-state index contributed by atoms with van der Waals surface area (Å²) in [5.74, 6) is 0. The van der Waals surface area contributed by atoms with E-state index in [4.69, 9.17) is 0 Å². The summed E-state index contributed by atoms with van der Waals surface area (Å²) in [4.78, 5) is 0. The summed E-state index contributed by atoms with van der Waals surface area (Å²) in [7, 11) is 0. The van der Waals surface area contributed by atoms with Crippen LogP contribution in [0.5, 0.6) is 0 Å². The maximum atomic E-state index is 12.4. The molecule has 1 saturated heterocycles. The lowest BCUT2D eigenvalue weighted by molar-refractivity contribution is -0.274. The molecule has 0 bridgehead atoms. The van der Waals surface area contributed by atoms with E-state index in [9.17, 15) is 15.4 Å². The van der Waals surface area contributed by atoms with Gasteiger partial charge in [-0.25, -0.2) is 0 Å². The van der Waals surface area contributed by atoms with Crippen molar-refractivity contribution in [2.45, 2.75) is 30.8 Å². The first-order chi connectivity index (χ1) is 8.09. The van der Waals surface area contributed by atoms with Gasteiger partial charge in [-0.15, -0.1) is 10.3 Å². The smallest absolute Gasteiger partial charge is 0.0963 e. The fourth-order valence-corrected chi connectivity index (χ4v) is 2.60. The Bertz CT molecular complexity index is 378. The second-order valence-electron chi connectivity index (χ2n) is 4.97. The Morgan fingerprint density at radius 2 is 1.76 bits per heavy atom. The van der Waals surface area contributed by atoms with E-state index in [-0.39, 0.29) is 13.2 Å². The fourth-order valence-electron chi connectivity index (χ4n) is 2.60. The molecule has 1 fully saturated rings. The molecule has 1 aromatic rings. The van der Waals surface area contributed by atoms with Crippen LogP contribution in [-0.2, 0) is 10.7 Å². The monoisotopic (exact) mass is 236 g/mol. The van der Waals surface area contributed by atoms with E-state index < -0.39 is 11.1 Å². The van der Waals surface area contributed by atoms with E-state index in [1.165, 1.54) is 0 Å². The third kappa shape index (κ3) is 1.77.